The van der Waals surface area contributed by atoms with E-state index in [2.05, 4.69) is 20.3 Å². The van der Waals surface area contributed by atoms with Gasteiger partial charge in [-0.25, -0.2) is 9.37 Å². The first-order valence-corrected chi connectivity index (χ1v) is 11.5. The maximum absolute atomic E-state index is 16.3. The lowest BCUT2D eigenvalue weighted by Gasteiger charge is -2.27. The van der Waals surface area contributed by atoms with Crippen molar-refractivity contribution in [1.29, 1.82) is 0 Å². The Labute approximate surface area is 202 Å². The van der Waals surface area contributed by atoms with E-state index in [9.17, 15) is 9.59 Å². The number of hydrogen-bond donors (Lipinski definition) is 2. The summed E-state index contributed by atoms with van der Waals surface area (Å²) >= 11 is 0. The summed E-state index contributed by atoms with van der Waals surface area (Å²) < 4.78 is 29.3. The van der Waals surface area contributed by atoms with Gasteiger partial charge in [0.05, 0.1) is 6.33 Å². The number of nitrogens with zero attached hydrogens (tertiary/aromatic N) is 4. The predicted octanol–water partition coefficient (Wildman–Crippen LogP) is 2.99. The van der Waals surface area contributed by atoms with Crippen molar-refractivity contribution in [2.45, 2.75) is 63.6 Å². The predicted molar refractivity (Wildman–Crippen MR) is 127 cm³/mol. The number of Topliss-reactive ketones (excluding diaryl/α,β-unsaturated/α-hetero) is 1. The lowest BCUT2D eigenvalue weighted by molar-refractivity contribution is -0.157. The van der Waals surface area contributed by atoms with Crippen LogP contribution in [0.15, 0.2) is 36.7 Å². The van der Waals surface area contributed by atoms with E-state index in [4.69, 9.17) is 15.2 Å². The second kappa shape index (κ2) is 9.95. The quantitative estimate of drug-likeness (QED) is 0.440. The number of nitrogens with one attached hydrogen (secondary N) is 1. The molecule has 0 spiro atoms. The number of rotatable bonds is 9. The molecule has 11 heteroatoms. The highest BCUT2D eigenvalue weighted by molar-refractivity contribution is 5.84. The molecule has 1 aliphatic rings. The van der Waals surface area contributed by atoms with Gasteiger partial charge in [0.25, 0.3) is 0 Å². The third-order valence-corrected chi connectivity index (χ3v) is 6.11. The Morgan fingerprint density at radius 2 is 2.03 bits per heavy atom. The molecule has 4 atom stereocenters. The van der Waals surface area contributed by atoms with Gasteiger partial charge < -0.3 is 20.5 Å². The number of halogens is 1. The third kappa shape index (κ3) is 4.95. The van der Waals surface area contributed by atoms with E-state index in [1.54, 1.807) is 14.0 Å². The van der Waals surface area contributed by atoms with Gasteiger partial charge in [0.15, 0.2) is 35.0 Å². The fourth-order valence-corrected chi connectivity index (χ4v) is 4.34. The van der Waals surface area contributed by atoms with Crippen LogP contribution in [0, 0.1) is 0 Å². The summed E-state index contributed by atoms with van der Waals surface area (Å²) in [6.45, 7) is 2.94. The Bertz CT molecular complexity index is 1220. The van der Waals surface area contributed by atoms with Gasteiger partial charge in [-0.15, -0.1) is 0 Å². The number of anilines is 2. The minimum atomic E-state index is -2.13. The smallest absolute Gasteiger partial charge is 0.305 e. The van der Waals surface area contributed by atoms with Crippen molar-refractivity contribution in [3.05, 3.63) is 42.2 Å². The van der Waals surface area contributed by atoms with Gasteiger partial charge in [-0.2, -0.15) is 9.97 Å². The van der Waals surface area contributed by atoms with Crippen molar-refractivity contribution in [2.75, 3.05) is 18.1 Å². The number of imidazole rings is 1. The van der Waals surface area contributed by atoms with Gasteiger partial charge in [-0.1, -0.05) is 37.3 Å². The van der Waals surface area contributed by atoms with Gasteiger partial charge in [-0.3, -0.25) is 14.2 Å². The fraction of sp³-hybridized carbons (Fsp3) is 0.458. The molecule has 1 saturated heterocycles. The molecule has 3 aromatic rings. The largest absolute Gasteiger partial charge is 0.456 e. The molecule has 186 valence electrons. The van der Waals surface area contributed by atoms with Gasteiger partial charge >= 0.3 is 5.97 Å². The molecule has 3 N–H and O–H groups in total. The van der Waals surface area contributed by atoms with Crippen LogP contribution in [-0.4, -0.2) is 56.2 Å². The molecule has 0 unspecified atom stereocenters. The number of esters is 1. The standard InChI is InChI=1S/C24H29FN6O4/c1-4-17(33)35-19-16(11-10-15(32)12-14-8-6-5-7-9-14)34-22(24(19,2)25)31-13-28-18-20(27-3)29-23(26)30-21(18)31/h5-9,13,16,19,22H,4,10-12H2,1-3H3,(H3,26,27,29,30)/t16-,19-,22-,24-/m1/s1. The van der Waals surface area contributed by atoms with Crippen molar-refractivity contribution < 1.29 is 23.5 Å². The molecule has 1 fully saturated rings. The Morgan fingerprint density at radius 3 is 2.71 bits per heavy atom. The summed E-state index contributed by atoms with van der Waals surface area (Å²) in [5.74, 6) is -0.194. The molecule has 0 saturated carbocycles. The van der Waals surface area contributed by atoms with Gasteiger partial charge in [-0.05, 0) is 18.9 Å². The number of carbonyl (C=O) groups excluding carboxylic acids is 2. The molecule has 35 heavy (non-hydrogen) atoms. The summed E-state index contributed by atoms with van der Waals surface area (Å²) in [6, 6.07) is 9.37. The molecule has 0 radical (unpaired) electrons. The number of carbonyl (C=O) groups is 2. The summed E-state index contributed by atoms with van der Waals surface area (Å²) in [7, 11) is 1.66. The van der Waals surface area contributed by atoms with Crippen LogP contribution in [0.5, 0.6) is 0 Å². The lowest BCUT2D eigenvalue weighted by atomic mass is 9.94. The fourth-order valence-electron chi connectivity index (χ4n) is 4.34. The summed E-state index contributed by atoms with van der Waals surface area (Å²) in [5.41, 5.74) is 5.26. The van der Waals surface area contributed by atoms with E-state index >= 15 is 4.39 Å². The topological polar surface area (TPSA) is 134 Å². The molecule has 3 heterocycles. The number of nitrogens with two attached hydrogens (primary N) is 1. The minimum absolute atomic E-state index is 0.0147. The Kier molecular flexibility index (Phi) is 6.97. The van der Waals surface area contributed by atoms with Gasteiger partial charge in [0.1, 0.15) is 11.9 Å². The molecule has 2 aromatic heterocycles. The highest BCUT2D eigenvalue weighted by Crippen LogP contribution is 2.45. The number of fused-ring (bicyclic) bond motifs is 1. The van der Waals surface area contributed by atoms with Crippen LogP contribution in [0.4, 0.5) is 16.2 Å². The van der Waals surface area contributed by atoms with Crippen molar-refractivity contribution in [3.8, 4) is 0 Å². The number of ketones is 1. The number of alkyl halides is 1. The summed E-state index contributed by atoms with van der Waals surface area (Å²) in [5, 5.41) is 2.89. The first-order valence-electron chi connectivity index (χ1n) is 11.5. The number of benzene rings is 1. The Morgan fingerprint density at radius 1 is 1.29 bits per heavy atom. The molecular formula is C24H29FN6O4. The van der Waals surface area contributed by atoms with Crippen LogP contribution in [-0.2, 0) is 25.5 Å². The van der Waals surface area contributed by atoms with Gasteiger partial charge in [0.2, 0.25) is 5.95 Å². The maximum atomic E-state index is 16.3. The highest BCUT2D eigenvalue weighted by atomic mass is 19.1. The van der Waals surface area contributed by atoms with Crippen LogP contribution in [0.3, 0.4) is 0 Å². The number of ether oxygens (including phenoxy) is 2. The average Bonchev–Trinajstić information content (AvgIpc) is 3.35. The van der Waals surface area contributed by atoms with Gasteiger partial charge in [0, 0.05) is 26.3 Å². The number of hydrogen-bond acceptors (Lipinski definition) is 9. The molecule has 1 aromatic carbocycles. The second-order valence-electron chi connectivity index (χ2n) is 8.69. The van der Waals surface area contributed by atoms with E-state index in [0.717, 1.165) is 5.56 Å². The van der Waals surface area contributed by atoms with E-state index in [-0.39, 0.29) is 43.1 Å². The van der Waals surface area contributed by atoms with E-state index in [1.165, 1.54) is 17.8 Å². The van der Waals surface area contributed by atoms with E-state index in [1.807, 2.05) is 30.3 Å². The molecule has 10 nitrogen and oxygen atoms in total. The van der Waals surface area contributed by atoms with Crippen LogP contribution in [0.1, 0.15) is 44.9 Å². The SMILES string of the molecule is CCC(=O)O[C@@H]1[C@@H](CCC(=O)Cc2ccccc2)O[C@@H](n2cnc3c(NC)nc(N)nc32)[C@]1(C)F. The van der Waals surface area contributed by atoms with Crippen LogP contribution >= 0.6 is 0 Å². The molecule has 0 aliphatic carbocycles. The summed E-state index contributed by atoms with van der Waals surface area (Å²) in [4.78, 5) is 37.4. The number of aromatic nitrogens is 4. The van der Waals surface area contributed by atoms with Crippen molar-refractivity contribution in [3.63, 3.8) is 0 Å². The third-order valence-electron chi connectivity index (χ3n) is 6.11. The zero-order chi connectivity index (χ0) is 25.2. The monoisotopic (exact) mass is 484 g/mol. The van der Waals surface area contributed by atoms with E-state index < -0.39 is 30.1 Å². The first-order chi connectivity index (χ1) is 16.7. The average molecular weight is 485 g/mol. The molecule has 4 rings (SSSR count). The molecule has 1 aliphatic heterocycles. The Hall–Kier alpha value is -3.60. The van der Waals surface area contributed by atoms with Crippen LogP contribution in [0.25, 0.3) is 11.2 Å². The molecule has 0 amide bonds. The lowest BCUT2D eigenvalue weighted by Crippen LogP contribution is -2.43. The summed E-state index contributed by atoms with van der Waals surface area (Å²) in [6.07, 6.45) is -1.20. The highest BCUT2D eigenvalue weighted by Gasteiger charge is 2.58. The second-order valence-corrected chi connectivity index (χ2v) is 8.69. The van der Waals surface area contributed by atoms with Crippen LogP contribution in [0.2, 0.25) is 0 Å². The first kappa shape index (κ1) is 24.5. The molecular weight excluding hydrogens is 455 g/mol. The van der Waals surface area contributed by atoms with Crippen molar-refractivity contribution in [2.24, 2.45) is 0 Å². The van der Waals surface area contributed by atoms with Crippen LogP contribution < -0.4 is 11.1 Å². The van der Waals surface area contributed by atoms with Crippen molar-refractivity contribution >= 4 is 34.7 Å². The normalized spacial score (nSPS) is 23.9. The molecule has 0 bridgehead atoms. The van der Waals surface area contributed by atoms with Crippen molar-refractivity contribution in [1.82, 2.24) is 19.5 Å². The van der Waals surface area contributed by atoms with E-state index in [0.29, 0.717) is 11.3 Å². The Balaban J connectivity index is 1.60. The zero-order valence-electron chi connectivity index (χ0n) is 19.9. The minimum Gasteiger partial charge on any atom is -0.456 e. The number of nitrogen functional groups attached to an aromatic ring is 1. The maximum Gasteiger partial charge on any atom is 0.305 e. The zero-order valence-corrected chi connectivity index (χ0v) is 19.9.